The Hall–Kier alpha value is -3.02. The number of primary amides is 1. The first-order valence-electron chi connectivity index (χ1n) is 15.0. The van der Waals surface area contributed by atoms with Crippen LogP contribution < -0.4 is 11.1 Å². The summed E-state index contributed by atoms with van der Waals surface area (Å²) >= 11 is 1.28. The van der Waals surface area contributed by atoms with Gasteiger partial charge in [-0.25, -0.2) is 13.8 Å². The minimum Gasteiger partial charge on any atom is -0.391 e. The summed E-state index contributed by atoms with van der Waals surface area (Å²) in [6.45, 7) is 11.5. The molecule has 3 rings (SSSR count). The lowest BCUT2D eigenvalue weighted by Crippen LogP contribution is -2.51. The third-order valence-electron chi connectivity index (χ3n) is 7.61. The number of nitrogens with one attached hydrogen (secondary N) is 1. The minimum atomic E-state index is -1.48. The summed E-state index contributed by atoms with van der Waals surface area (Å²) in [7, 11) is 0. The minimum absolute atomic E-state index is 0.0308. The van der Waals surface area contributed by atoms with Gasteiger partial charge in [-0.3, -0.25) is 9.59 Å². The van der Waals surface area contributed by atoms with Crippen LogP contribution in [-0.2, 0) is 29.0 Å². The van der Waals surface area contributed by atoms with Gasteiger partial charge in [0.2, 0.25) is 11.8 Å². The van der Waals surface area contributed by atoms with Crippen molar-refractivity contribution in [2.24, 2.45) is 23.0 Å². The van der Waals surface area contributed by atoms with E-state index in [1.165, 1.54) is 23.7 Å². The molecule has 11 heteroatoms. The number of hydrogen-bond acceptors (Lipinski definition) is 7. The molecule has 1 aromatic heterocycles. The number of carbonyl (C=O) groups is 2. The predicted octanol–water partition coefficient (Wildman–Crippen LogP) is 4.72. The molecule has 1 aliphatic rings. The highest BCUT2D eigenvalue weighted by molar-refractivity contribution is 7.05. The highest BCUT2D eigenvalue weighted by Gasteiger charge is 2.48. The molecule has 0 radical (unpaired) electrons. The number of allylic oxidation sites excluding steroid dienone is 2. The molecular formula is C32H45F2N5O3S. The standard InChI is InChI=1S/C32H45F2N5O3S/c1-6-8-39(9-7-2)30(41)23-11-21(5)16-32(17-23,31(35)42)26(14-22-12-24(33)15-25(34)13-22)27(40)18-36-19-29-37-28(38-43-29)10-20(3)4/h11-13,15-16,20,26-27,36,40H,6-10,14,17-19H2,1-5H3,(H2,35,42)/t26-,27+,32?/m1/s1. The monoisotopic (exact) mass is 617 g/mol. The Morgan fingerprint density at radius 2 is 1.79 bits per heavy atom. The molecule has 236 valence electrons. The normalized spacial score (nSPS) is 18.3. The average Bonchev–Trinajstić information content (AvgIpc) is 3.36. The fraction of sp³-hybridized carbons (Fsp3) is 0.562. The maximum atomic E-state index is 14.2. The summed E-state index contributed by atoms with van der Waals surface area (Å²) in [5.74, 6) is -2.13. The SMILES string of the molecule is CCCN(CCC)C(=O)C1=CC(C)=CC(C(N)=O)([C@H](Cc2cc(F)cc(F)c2)[C@@H](O)CNCc2nc(CC(C)C)ns2)C1. The second-order valence-electron chi connectivity index (χ2n) is 11.9. The Morgan fingerprint density at radius 1 is 1.14 bits per heavy atom. The van der Waals surface area contributed by atoms with Crippen molar-refractivity contribution in [1.82, 2.24) is 19.6 Å². The smallest absolute Gasteiger partial charge is 0.249 e. The highest BCUT2D eigenvalue weighted by Crippen LogP contribution is 2.44. The number of carbonyl (C=O) groups excluding carboxylic acids is 2. The van der Waals surface area contributed by atoms with E-state index in [0.29, 0.717) is 36.7 Å². The lowest BCUT2D eigenvalue weighted by atomic mass is 9.63. The first-order chi connectivity index (χ1) is 20.4. The topological polar surface area (TPSA) is 121 Å². The number of nitrogens with two attached hydrogens (primary N) is 1. The van der Waals surface area contributed by atoms with Crippen LogP contribution in [0.2, 0.25) is 0 Å². The second-order valence-corrected chi connectivity index (χ2v) is 12.8. The van der Waals surface area contributed by atoms with Crippen molar-refractivity contribution in [3.05, 3.63) is 69.5 Å². The van der Waals surface area contributed by atoms with Crippen LogP contribution in [0.15, 0.2) is 41.5 Å². The summed E-state index contributed by atoms with van der Waals surface area (Å²) in [6, 6.07) is 3.15. The molecule has 0 bridgehead atoms. The highest BCUT2D eigenvalue weighted by atomic mass is 32.1. The molecule has 1 heterocycles. The Labute approximate surface area is 257 Å². The molecule has 43 heavy (non-hydrogen) atoms. The van der Waals surface area contributed by atoms with Crippen LogP contribution in [0, 0.1) is 28.9 Å². The van der Waals surface area contributed by atoms with Crippen molar-refractivity contribution in [3.63, 3.8) is 0 Å². The van der Waals surface area contributed by atoms with Crippen LogP contribution in [0.4, 0.5) is 8.78 Å². The first kappa shape index (κ1) is 34.5. The molecule has 0 aliphatic heterocycles. The zero-order valence-corrected chi connectivity index (χ0v) is 26.6. The van der Waals surface area contributed by atoms with Gasteiger partial charge in [0, 0.05) is 50.2 Å². The van der Waals surface area contributed by atoms with Crippen LogP contribution in [0.5, 0.6) is 0 Å². The fourth-order valence-corrected chi connectivity index (χ4v) is 6.48. The number of rotatable bonds is 16. The molecular weight excluding hydrogens is 572 g/mol. The number of aromatic nitrogens is 2. The first-order valence-corrected chi connectivity index (χ1v) is 15.8. The molecule has 0 spiro atoms. The predicted molar refractivity (Wildman–Crippen MR) is 165 cm³/mol. The summed E-state index contributed by atoms with van der Waals surface area (Å²) < 4.78 is 32.8. The molecule has 1 aromatic carbocycles. The van der Waals surface area contributed by atoms with Gasteiger partial charge >= 0.3 is 0 Å². The molecule has 2 aromatic rings. The Balaban J connectivity index is 1.94. The number of halogens is 2. The lowest BCUT2D eigenvalue weighted by molar-refractivity contribution is -0.132. The second kappa shape index (κ2) is 15.6. The number of amides is 2. The van der Waals surface area contributed by atoms with E-state index in [1.54, 1.807) is 24.0 Å². The van der Waals surface area contributed by atoms with Crippen molar-refractivity contribution in [2.75, 3.05) is 19.6 Å². The average molecular weight is 618 g/mol. The van der Waals surface area contributed by atoms with E-state index in [4.69, 9.17) is 5.73 Å². The van der Waals surface area contributed by atoms with Gasteiger partial charge in [0.15, 0.2) is 0 Å². The third-order valence-corrected chi connectivity index (χ3v) is 8.36. The molecule has 8 nitrogen and oxygen atoms in total. The van der Waals surface area contributed by atoms with Gasteiger partial charge < -0.3 is 21.1 Å². The Bertz CT molecular complexity index is 1300. The number of aliphatic hydroxyl groups is 1. The van der Waals surface area contributed by atoms with E-state index in [0.717, 1.165) is 36.2 Å². The van der Waals surface area contributed by atoms with E-state index in [2.05, 4.69) is 28.5 Å². The lowest BCUT2D eigenvalue weighted by Gasteiger charge is -2.42. The number of aliphatic hydroxyl groups excluding tert-OH is 1. The molecule has 1 unspecified atom stereocenters. The zero-order chi connectivity index (χ0) is 31.7. The van der Waals surface area contributed by atoms with E-state index in [9.17, 15) is 23.5 Å². The van der Waals surface area contributed by atoms with Crippen LogP contribution in [-0.4, -0.2) is 56.9 Å². The molecule has 1 aliphatic carbocycles. The van der Waals surface area contributed by atoms with Gasteiger partial charge in [-0.1, -0.05) is 45.4 Å². The van der Waals surface area contributed by atoms with Crippen molar-refractivity contribution in [2.45, 2.75) is 79.4 Å². The third kappa shape index (κ3) is 9.23. The number of nitrogens with zero attached hydrogens (tertiary/aromatic N) is 3. The van der Waals surface area contributed by atoms with Gasteiger partial charge in [0.1, 0.15) is 22.5 Å². The van der Waals surface area contributed by atoms with Gasteiger partial charge in [-0.05, 0) is 67.8 Å². The van der Waals surface area contributed by atoms with E-state index >= 15 is 0 Å². The Morgan fingerprint density at radius 3 is 2.37 bits per heavy atom. The maximum Gasteiger partial charge on any atom is 0.249 e. The van der Waals surface area contributed by atoms with E-state index in [1.807, 2.05) is 13.8 Å². The summed E-state index contributed by atoms with van der Waals surface area (Å²) in [5.41, 5.74) is 5.97. The van der Waals surface area contributed by atoms with Crippen LogP contribution in [0.25, 0.3) is 0 Å². The fourth-order valence-electron chi connectivity index (χ4n) is 5.84. The summed E-state index contributed by atoms with van der Waals surface area (Å²) in [6.07, 6.45) is 4.54. The number of benzene rings is 1. The van der Waals surface area contributed by atoms with Gasteiger partial charge in [0.25, 0.3) is 0 Å². The van der Waals surface area contributed by atoms with Crippen LogP contribution in [0.3, 0.4) is 0 Å². The summed E-state index contributed by atoms with van der Waals surface area (Å²) in [5, 5.41) is 15.6. The van der Waals surface area contributed by atoms with Crippen LogP contribution >= 0.6 is 11.5 Å². The molecule has 3 atom stereocenters. The Kier molecular flexibility index (Phi) is 12.5. The van der Waals surface area contributed by atoms with Crippen molar-refractivity contribution < 1.29 is 23.5 Å². The maximum absolute atomic E-state index is 14.2. The molecule has 4 N–H and O–H groups in total. The van der Waals surface area contributed by atoms with Crippen LogP contribution in [0.1, 0.15) is 70.3 Å². The zero-order valence-electron chi connectivity index (χ0n) is 25.8. The summed E-state index contributed by atoms with van der Waals surface area (Å²) in [4.78, 5) is 33.4. The van der Waals surface area contributed by atoms with E-state index < -0.39 is 35.0 Å². The van der Waals surface area contributed by atoms with Crippen molar-refractivity contribution >= 4 is 23.3 Å². The van der Waals surface area contributed by atoms with Gasteiger partial charge in [0.05, 0.1) is 11.5 Å². The van der Waals surface area contributed by atoms with Gasteiger partial charge in [-0.2, -0.15) is 4.37 Å². The van der Waals surface area contributed by atoms with Crippen molar-refractivity contribution in [3.8, 4) is 0 Å². The largest absolute Gasteiger partial charge is 0.391 e. The van der Waals surface area contributed by atoms with E-state index in [-0.39, 0.29) is 30.9 Å². The van der Waals surface area contributed by atoms with Crippen molar-refractivity contribution in [1.29, 1.82) is 0 Å². The molecule has 0 saturated heterocycles. The van der Waals surface area contributed by atoms with Gasteiger partial charge in [-0.15, -0.1) is 0 Å². The number of hydrogen-bond donors (Lipinski definition) is 3. The quantitative estimate of drug-likeness (QED) is 0.251. The molecule has 0 saturated carbocycles. The molecule has 2 amide bonds. The molecule has 0 fully saturated rings.